The van der Waals surface area contributed by atoms with Gasteiger partial charge in [-0.3, -0.25) is 0 Å². The van der Waals surface area contributed by atoms with E-state index in [1.807, 2.05) is 6.07 Å². The molecule has 4 heteroatoms. The molecular weight excluding hydrogens is 455 g/mol. The monoisotopic (exact) mass is 492 g/mol. The van der Waals surface area contributed by atoms with Gasteiger partial charge in [0.05, 0.1) is 0 Å². The highest BCUT2D eigenvalue weighted by atomic mass is 28.4. The van der Waals surface area contributed by atoms with Crippen molar-refractivity contribution < 1.29 is 8.85 Å². The molecule has 0 heterocycles. The minimum absolute atomic E-state index is 0.0586. The molecule has 36 heavy (non-hydrogen) atoms. The Hall–Kier alpha value is -2.92. The zero-order chi connectivity index (χ0) is 26.0. The van der Waals surface area contributed by atoms with Gasteiger partial charge in [0.25, 0.3) is 0 Å². The maximum absolute atomic E-state index is 6.40. The van der Waals surface area contributed by atoms with Crippen molar-refractivity contribution in [3.63, 3.8) is 0 Å². The molecule has 2 nitrogen and oxygen atoms in total. The topological polar surface area (TPSA) is 18.5 Å². The minimum atomic E-state index is -2.96. The molecule has 0 radical (unpaired) electrons. The average molecular weight is 493 g/mol. The Bertz CT molecular complexity index is 1270. The zero-order valence-electron chi connectivity index (χ0n) is 22.9. The summed E-state index contributed by atoms with van der Waals surface area (Å²) in [6.07, 6.45) is 0. The van der Waals surface area contributed by atoms with Crippen molar-refractivity contribution >= 4 is 42.0 Å². The van der Waals surface area contributed by atoms with E-state index in [9.17, 15) is 0 Å². The van der Waals surface area contributed by atoms with Crippen molar-refractivity contribution in [3.05, 3.63) is 112 Å². The molecule has 0 spiro atoms. The molecule has 0 saturated heterocycles. The first-order valence-corrected chi connectivity index (χ1v) is 14.5. The van der Waals surface area contributed by atoms with Crippen LogP contribution in [0.15, 0.2) is 78.9 Å². The molecule has 0 aliphatic rings. The molecule has 4 aromatic carbocycles. The quantitative estimate of drug-likeness (QED) is 0.365. The van der Waals surface area contributed by atoms with Crippen LogP contribution in [0.2, 0.25) is 0 Å². The number of hydrogen-bond donors (Lipinski definition) is 0. The number of benzene rings is 4. The molecule has 0 amide bonds. The van der Waals surface area contributed by atoms with E-state index < -0.39 is 8.56 Å². The largest absolute Gasteiger partial charge is 0.406 e. The molecule has 4 aromatic rings. The second-order valence-corrected chi connectivity index (χ2v) is 13.2. The highest BCUT2D eigenvalue weighted by Crippen LogP contribution is 2.14. The molecule has 4 rings (SSSR count). The summed E-state index contributed by atoms with van der Waals surface area (Å²) in [6.45, 7) is 13.4. The lowest BCUT2D eigenvalue weighted by molar-refractivity contribution is 0.273. The van der Waals surface area contributed by atoms with Crippen LogP contribution in [-0.2, 0) is 8.85 Å². The second kappa shape index (κ2) is 10.6. The highest BCUT2D eigenvalue weighted by molar-refractivity contribution is 7.03. The molecule has 0 aliphatic carbocycles. The summed E-state index contributed by atoms with van der Waals surface area (Å²) in [6, 6.07) is 28.4. The molecule has 0 bridgehead atoms. The van der Waals surface area contributed by atoms with Gasteiger partial charge in [0.2, 0.25) is 6.71 Å². The van der Waals surface area contributed by atoms with Gasteiger partial charge < -0.3 is 8.85 Å². The van der Waals surface area contributed by atoms with E-state index >= 15 is 0 Å². The van der Waals surface area contributed by atoms with Gasteiger partial charge in [0.15, 0.2) is 0 Å². The fourth-order valence-electron chi connectivity index (χ4n) is 6.15. The van der Waals surface area contributed by atoms with Gasteiger partial charge in [-0.1, -0.05) is 129 Å². The van der Waals surface area contributed by atoms with Gasteiger partial charge in [-0.15, -0.1) is 0 Å². The van der Waals surface area contributed by atoms with Gasteiger partial charge in [0.1, 0.15) is 0 Å². The van der Waals surface area contributed by atoms with Crippen LogP contribution in [0.5, 0.6) is 0 Å². The van der Waals surface area contributed by atoms with E-state index in [0.717, 1.165) is 10.4 Å². The first-order chi connectivity index (χ1) is 17.2. The van der Waals surface area contributed by atoms with Gasteiger partial charge in [-0.05, 0) is 51.9 Å². The van der Waals surface area contributed by atoms with Crippen LogP contribution in [0.1, 0.15) is 33.4 Å². The molecule has 0 fully saturated rings. The molecule has 0 saturated carbocycles. The Balaban J connectivity index is 2.12. The van der Waals surface area contributed by atoms with E-state index in [1.54, 1.807) is 14.2 Å². The van der Waals surface area contributed by atoms with Crippen LogP contribution in [0.25, 0.3) is 0 Å². The lowest BCUT2D eigenvalue weighted by atomic mass is 9.34. The molecule has 184 valence electrons. The summed E-state index contributed by atoms with van der Waals surface area (Å²) < 4.78 is 12.8. The predicted octanol–water partition coefficient (Wildman–Crippen LogP) is 3.90. The number of rotatable bonds is 7. The Labute approximate surface area is 218 Å². The maximum atomic E-state index is 6.40. The number of aryl methyl sites for hydroxylation is 6. The van der Waals surface area contributed by atoms with Crippen molar-refractivity contribution in [2.75, 3.05) is 14.2 Å². The SMILES string of the molecule is CO[Si](OC)(c1ccccc1)c1ccccc1B(c1c(C)cc(C)cc1C)c1c(C)cc(C)cc1C. The summed E-state index contributed by atoms with van der Waals surface area (Å²) in [7, 11) is 0.622. The van der Waals surface area contributed by atoms with Crippen molar-refractivity contribution in [2.24, 2.45) is 0 Å². The van der Waals surface area contributed by atoms with E-state index in [4.69, 9.17) is 8.85 Å². The molecule has 0 atom stereocenters. The van der Waals surface area contributed by atoms with Crippen molar-refractivity contribution in [1.82, 2.24) is 0 Å². The lowest BCUT2D eigenvalue weighted by Gasteiger charge is -2.33. The Kier molecular flexibility index (Phi) is 7.70. The third-order valence-electron chi connectivity index (χ3n) is 7.41. The molecule has 0 aliphatic heterocycles. The van der Waals surface area contributed by atoms with Crippen molar-refractivity contribution in [3.8, 4) is 0 Å². The third-order valence-corrected chi connectivity index (χ3v) is 10.8. The highest BCUT2D eigenvalue weighted by Gasteiger charge is 2.44. The Morgan fingerprint density at radius 2 is 0.972 bits per heavy atom. The molecule has 0 aromatic heterocycles. The standard InChI is InChI=1S/C32H37BO2Si/c1-22-18-24(3)31(25(4)19-22)33(32-26(5)20-23(2)21-27(32)6)29-16-12-13-17-30(29)36(34-7,35-8)28-14-10-9-11-15-28/h9-21H,1-8H3. The van der Waals surface area contributed by atoms with Crippen LogP contribution >= 0.6 is 0 Å². The van der Waals surface area contributed by atoms with Crippen LogP contribution < -0.4 is 26.8 Å². The van der Waals surface area contributed by atoms with E-state index in [2.05, 4.69) is 114 Å². The number of hydrogen-bond acceptors (Lipinski definition) is 2. The van der Waals surface area contributed by atoms with Crippen LogP contribution in [0.3, 0.4) is 0 Å². The summed E-state index contributed by atoms with van der Waals surface area (Å²) in [5.41, 5.74) is 11.8. The summed E-state index contributed by atoms with van der Waals surface area (Å²) in [4.78, 5) is 0. The average Bonchev–Trinajstić information content (AvgIpc) is 2.84. The normalized spacial score (nSPS) is 11.6. The first-order valence-electron chi connectivity index (χ1n) is 12.6. The van der Waals surface area contributed by atoms with E-state index in [0.29, 0.717) is 0 Å². The van der Waals surface area contributed by atoms with Gasteiger partial charge in [-0.25, -0.2) is 0 Å². The summed E-state index contributed by atoms with van der Waals surface area (Å²) in [5, 5.41) is 2.26. The van der Waals surface area contributed by atoms with Crippen LogP contribution in [0, 0.1) is 41.5 Å². The summed E-state index contributed by atoms with van der Waals surface area (Å²) >= 11 is 0. The lowest BCUT2D eigenvalue weighted by Crippen LogP contribution is -2.71. The first kappa shape index (κ1) is 26.2. The Morgan fingerprint density at radius 1 is 0.556 bits per heavy atom. The third kappa shape index (κ3) is 4.61. The zero-order valence-corrected chi connectivity index (χ0v) is 23.9. The summed E-state index contributed by atoms with van der Waals surface area (Å²) in [5.74, 6) is 0. The van der Waals surface area contributed by atoms with Crippen molar-refractivity contribution in [2.45, 2.75) is 41.5 Å². The second-order valence-electron chi connectivity index (χ2n) is 10.0. The maximum Gasteiger partial charge on any atom is 0.406 e. The van der Waals surface area contributed by atoms with Gasteiger partial charge >= 0.3 is 8.56 Å². The van der Waals surface area contributed by atoms with Crippen LogP contribution in [-0.4, -0.2) is 29.5 Å². The van der Waals surface area contributed by atoms with Gasteiger partial charge in [-0.2, -0.15) is 0 Å². The van der Waals surface area contributed by atoms with Crippen molar-refractivity contribution in [1.29, 1.82) is 0 Å². The molecular formula is C32H37BO2Si. The Morgan fingerprint density at radius 3 is 1.42 bits per heavy atom. The van der Waals surface area contributed by atoms with Gasteiger partial charge in [0, 0.05) is 14.2 Å². The van der Waals surface area contributed by atoms with E-state index in [-0.39, 0.29) is 6.71 Å². The van der Waals surface area contributed by atoms with E-state index in [1.165, 1.54) is 49.8 Å². The molecule has 0 unspecified atom stereocenters. The fourth-order valence-corrected chi connectivity index (χ4v) is 9.09. The smallest absolute Gasteiger partial charge is 0.391 e. The van der Waals surface area contributed by atoms with Crippen LogP contribution in [0.4, 0.5) is 0 Å². The molecule has 0 N–H and O–H groups in total. The minimum Gasteiger partial charge on any atom is -0.391 e. The fraction of sp³-hybridized carbons (Fsp3) is 0.250. The predicted molar refractivity (Wildman–Crippen MR) is 158 cm³/mol.